The molecule has 1 saturated heterocycles. The zero-order valence-corrected chi connectivity index (χ0v) is 17.5. The molecule has 2 fully saturated rings. The molecule has 2 aromatic heterocycles. The fourth-order valence-electron chi connectivity index (χ4n) is 4.42. The fraction of sp³-hybridized carbons (Fsp3) is 0.409. The number of likely N-dealkylation sites (tertiary alicyclic amines) is 1. The molecule has 1 spiro atoms. The van der Waals surface area contributed by atoms with Crippen molar-refractivity contribution in [2.24, 2.45) is 5.41 Å². The molecule has 8 heteroatoms. The summed E-state index contributed by atoms with van der Waals surface area (Å²) >= 11 is 1.35. The maximum absolute atomic E-state index is 12.6. The van der Waals surface area contributed by atoms with Gasteiger partial charge in [-0.15, -0.1) is 0 Å². The van der Waals surface area contributed by atoms with Gasteiger partial charge < -0.3 is 10.2 Å². The Morgan fingerprint density at radius 1 is 1.23 bits per heavy atom. The van der Waals surface area contributed by atoms with Crippen molar-refractivity contribution in [3.05, 3.63) is 46.4 Å². The average Bonchev–Trinajstić information content (AvgIpc) is 3.24. The maximum atomic E-state index is 12.6. The van der Waals surface area contributed by atoms with Crippen LogP contribution in [0.25, 0.3) is 12.2 Å². The number of carbonyl (C=O) groups is 2. The van der Waals surface area contributed by atoms with Gasteiger partial charge in [-0.1, -0.05) is 12.0 Å². The first-order valence-corrected chi connectivity index (χ1v) is 11.2. The number of anilines is 1. The van der Waals surface area contributed by atoms with Gasteiger partial charge in [0.25, 0.3) is 0 Å². The number of hydrogen-bond acceptors (Lipinski definition) is 6. The number of rotatable bonds is 3. The molecule has 4 heterocycles. The van der Waals surface area contributed by atoms with Crippen molar-refractivity contribution in [1.82, 2.24) is 19.2 Å². The van der Waals surface area contributed by atoms with Crippen LogP contribution in [0.2, 0.25) is 0 Å². The molecule has 0 aromatic carbocycles. The summed E-state index contributed by atoms with van der Waals surface area (Å²) < 4.78 is 4.21. The van der Waals surface area contributed by atoms with Crippen LogP contribution < -0.4 is 5.32 Å². The zero-order chi connectivity index (χ0) is 20.6. The first-order chi connectivity index (χ1) is 14.6. The number of amides is 2. The van der Waals surface area contributed by atoms with Crippen molar-refractivity contribution in [3.63, 3.8) is 0 Å². The van der Waals surface area contributed by atoms with E-state index in [1.54, 1.807) is 17.8 Å². The average molecular weight is 422 g/mol. The minimum atomic E-state index is -0.236. The number of nitrogens with one attached hydrogen (secondary N) is 1. The molecule has 0 bridgehead atoms. The van der Waals surface area contributed by atoms with E-state index in [2.05, 4.69) is 19.7 Å². The van der Waals surface area contributed by atoms with Gasteiger partial charge in [-0.3, -0.25) is 9.59 Å². The summed E-state index contributed by atoms with van der Waals surface area (Å²) in [5.41, 5.74) is 4.73. The Labute approximate surface area is 179 Å². The number of fused-ring (bicyclic) bond motifs is 1. The number of hydrogen-bond donors (Lipinski definition) is 1. The number of nitrogens with zero attached hydrogens (tertiary/aromatic N) is 4. The summed E-state index contributed by atoms with van der Waals surface area (Å²) in [6, 6.07) is 2.05. The molecule has 1 saturated carbocycles. The predicted molar refractivity (Wildman–Crippen MR) is 116 cm³/mol. The van der Waals surface area contributed by atoms with E-state index in [1.165, 1.54) is 17.1 Å². The minimum absolute atomic E-state index is 0.0160. The van der Waals surface area contributed by atoms with Crippen molar-refractivity contribution in [2.45, 2.75) is 38.5 Å². The zero-order valence-electron chi connectivity index (χ0n) is 16.6. The van der Waals surface area contributed by atoms with Crippen LogP contribution in [0.3, 0.4) is 0 Å². The van der Waals surface area contributed by atoms with Crippen molar-refractivity contribution < 1.29 is 9.59 Å². The van der Waals surface area contributed by atoms with Gasteiger partial charge in [0.15, 0.2) is 5.82 Å². The third-order valence-electron chi connectivity index (χ3n) is 6.39. The quantitative estimate of drug-likeness (QED) is 0.768. The summed E-state index contributed by atoms with van der Waals surface area (Å²) in [6.45, 7) is 1.41. The summed E-state index contributed by atoms with van der Waals surface area (Å²) in [5.74, 6) is 1.54. The lowest BCUT2D eigenvalue weighted by molar-refractivity contribution is -0.130. The first-order valence-electron chi connectivity index (χ1n) is 10.3. The molecule has 1 aliphatic carbocycles. The van der Waals surface area contributed by atoms with Gasteiger partial charge in [0.1, 0.15) is 11.3 Å². The molecule has 2 aliphatic heterocycles. The molecule has 154 valence electrons. The van der Waals surface area contributed by atoms with E-state index in [9.17, 15) is 9.59 Å². The highest BCUT2D eigenvalue weighted by molar-refractivity contribution is 7.03. The fourth-order valence-corrected chi connectivity index (χ4v) is 4.83. The van der Waals surface area contributed by atoms with Gasteiger partial charge in [0, 0.05) is 25.4 Å². The summed E-state index contributed by atoms with van der Waals surface area (Å²) in [6.07, 6.45) is 12.6. The van der Waals surface area contributed by atoms with Crippen LogP contribution in [-0.2, 0) is 16.0 Å². The third-order valence-corrected chi connectivity index (χ3v) is 6.88. The molecule has 30 heavy (non-hydrogen) atoms. The van der Waals surface area contributed by atoms with Crippen molar-refractivity contribution in [3.8, 4) is 0 Å². The van der Waals surface area contributed by atoms with E-state index in [0.717, 1.165) is 55.5 Å². The van der Waals surface area contributed by atoms with Gasteiger partial charge in [-0.2, -0.15) is 4.37 Å². The molecule has 5 rings (SSSR count). The maximum Gasteiger partial charge on any atom is 0.246 e. The van der Waals surface area contributed by atoms with Crippen LogP contribution in [0.4, 0.5) is 5.82 Å². The molecule has 1 N–H and O–H groups in total. The van der Waals surface area contributed by atoms with E-state index in [1.807, 2.05) is 23.1 Å². The SMILES string of the molecule is O=C(/C=C/c1cnc2c(c1)CC1(CCC1)C(=O)N2)N1CCC(=Cc2ncsn2)CC1. The summed E-state index contributed by atoms with van der Waals surface area (Å²) in [7, 11) is 0. The molecule has 0 unspecified atom stereocenters. The van der Waals surface area contributed by atoms with E-state index >= 15 is 0 Å². The Kier molecular flexibility index (Phi) is 4.94. The molecule has 0 radical (unpaired) electrons. The number of pyridine rings is 1. The second kappa shape index (κ2) is 7.75. The summed E-state index contributed by atoms with van der Waals surface area (Å²) in [5, 5.41) is 2.95. The van der Waals surface area contributed by atoms with E-state index in [0.29, 0.717) is 18.9 Å². The van der Waals surface area contributed by atoms with Crippen molar-refractivity contribution in [1.29, 1.82) is 0 Å². The Morgan fingerprint density at radius 2 is 2.07 bits per heavy atom. The van der Waals surface area contributed by atoms with Gasteiger partial charge in [0.05, 0.1) is 5.41 Å². The number of aromatic nitrogens is 3. The van der Waals surface area contributed by atoms with Gasteiger partial charge in [-0.05, 0) is 73.0 Å². The molecule has 3 aliphatic rings. The van der Waals surface area contributed by atoms with Crippen LogP contribution in [0.1, 0.15) is 49.1 Å². The van der Waals surface area contributed by atoms with E-state index in [-0.39, 0.29) is 17.2 Å². The molecular formula is C22H23N5O2S. The highest BCUT2D eigenvalue weighted by Gasteiger charge is 2.47. The third kappa shape index (κ3) is 3.67. The van der Waals surface area contributed by atoms with Crippen LogP contribution in [0.15, 0.2) is 29.4 Å². The van der Waals surface area contributed by atoms with E-state index in [4.69, 9.17) is 0 Å². The largest absolute Gasteiger partial charge is 0.339 e. The molecule has 7 nitrogen and oxygen atoms in total. The highest BCUT2D eigenvalue weighted by atomic mass is 32.1. The Morgan fingerprint density at radius 3 is 2.77 bits per heavy atom. The van der Waals surface area contributed by atoms with Crippen LogP contribution in [0, 0.1) is 5.41 Å². The van der Waals surface area contributed by atoms with Gasteiger partial charge in [0.2, 0.25) is 11.8 Å². The molecule has 2 amide bonds. The smallest absolute Gasteiger partial charge is 0.246 e. The highest BCUT2D eigenvalue weighted by Crippen LogP contribution is 2.47. The Hall–Kier alpha value is -2.87. The van der Waals surface area contributed by atoms with Crippen LogP contribution in [-0.4, -0.2) is 44.1 Å². The Bertz CT molecular complexity index is 1030. The number of piperidine rings is 1. The van der Waals surface area contributed by atoms with Crippen molar-refractivity contribution >= 4 is 41.3 Å². The Balaban J connectivity index is 1.21. The predicted octanol–water partition coefficient (Wildman–Crippen LogP) is 3.32. The topological polar surface area (TPSA) is 88.1 Å². The standard InChI is InChI=1S/C22H23N5O2S/c28-19(27-8-4-15(5-9-27)11-18-24-14-30-26-18)3-2-16-10-17-12-22(6-1-7-22)21(29)25-20(17)23-13-16/h2-3,10-11,13-14H,1,4-9,12H2,(H,23,25,29)/b3-2+. The lowest BCUT2D eigenvalue weighted by atomic mass is 9.63. The van der Waals surface area contributed by atoms with E-state index < -0.39 is 0 Å². The second-order valence-electron chi connectivity index (χ2n) is 8.29. The van der Waals surface area contributed by atoms with Crippen LogP contribution in [0.5, 0.6) is 0 Å². The number of carbonyl (C=O) groups excluding carboxylic acids is 2. The monoisotopic (exact) mass is 421 g/mol. The van der Waals surface area contributed by atoms with Gasteiger partial charge >= 0.3 is 0 Å². The van der Waals surface area contributed by atoms with Crippen molar-refractivity contribution in [2.75, 3.05) is 18.4 Å². The molecular weight excluding hydrogens is 398 g/mol. The van der Waals surface area contributed by atoms with Gasteiger partial charge in [-0.25, -0.2) is 9.97 Å². The minimum Gasteiger partial charge on any atom is -0.339 e. The van der Waals surface area contributed by atoms with Crippen LogP contribution >= 0.6 is 11.5 Å². The lowest BCUT2D eigenvalue weighted by Crippen LogP contribution is -2.46. The molecule has 2 aromatic rings. The molecule has 0 atom stereocenters. The first kappa shape index (κ1) is 19.1. The summed E-state index contributed by atoms with van der Waals surface area (Å²) in [4.78, 5) is 35.4. The lowest BCUT2D eigenvalue weighted by Gasteiger charge is -2.43. The second-order valence-corrected chi connectivity index (χ2v) is 8.90. The normalized spacial score (nSPS) is 20.1.